The van der Waals surface area contributed by atoms with Gasteiger partial charge in [-0.25, -0.2) is 0 Å². The van der Waals surface area contributed by atoms with Crippen LogP contribution in [0.25, 0.3) is 0 Å². The summed E-state index contributed by atoms with van der Waals surface area (Å²) in [6.07, 6.45) is 1.55. The fourth-order valence-electron chi connectivity index (χ4n) is 1.66. The van der Waals surface area contributed by atoms with Crippen molar-refractivity contribution in [2.75, 3.05) is 13.7 Å². The van der Waals surface area contributed by atoms with E-state index in [4.69, 9.17) is 15.6 Å². The van der Waals surface area contributed by atoms with Gasteiger partial charge in [-0.15, -0.1) is 12.4 Å². The number of halogens is 1. The molecular formula is C12H20ClNO2. The molecule has 0 amide bonds. The van der Waals surface area contributed by atoms with Gasteiger partial charge < -0.3 is 15.6 Å². The monoisotopic (exact) mass is 245 g/mol. The summed E-state index contributed by atoms with van der Waals surface area (Å²) in [6.45, 7) is 2.22. The Labute approximate surface area is 103 Å². The second kappa shape index (κ2) is 7.49. The molecule has 1 aromatic rings. The average molecular weight is 246 g/mol. The van der Waals surface area contributed by atoms with Gasteiger partial charge in [0.05, 0.1) is 7.11 Å². The third-order valence-corrected chi connectivity index (χ3v) is 2.55. The topological polar surface area (TPSA) is 55.5 Å². The lowest BCUT2D eigenvalue weighted by Gasteiger charge is -2.14. The van der Waals surface area contributed by atoms with E-state index in [2.05, 4.69) is 0 Å². The minimum absolute atomic E-state index is 0. The lowest BCUT2D eigenvalue weighted by molar-refractivity contribution is 0.280. The third kappa shape index (κ3) is 4.00. The average Bonchev–Trinajstić information content (AvgIpc) is 2.25. The van der Waals surface area contributed by atoms with E-state index in [1.165, 1.54) is 0 Å². The van der Waals surface area contributed by atoms with Crippen molar-refractivity contribution in [3.63, 3.8) is 0 Å². The quantitative estimate of drug-likeness (QED) is 0.836. The first-order valence-corrected chi connectivity index (χ1v) is 5.20. The Morgan fingerprint density at radius 2 is 2.12 bits per heavy atom. The second-order valence-corrected chi connectivity index (χ2v) is 3.69. The first-order valence-electron chi connectivity index (χ1n) is 5.20. The zero-order chi connectivity index (χ0) is 11.3. The Balaban J connectivity index is 0.00000225. The van der Waals surface area contributed by atoms with E-state index in [0.29, 0.717) is 0 Å². The predicted molar refractivity (Wildman–Crippen MR) is 68.2 cm³/mol. The Morgan fingerprint density at radius 3 is 2.62 bits per heavy atom. The lowest BCUT2D eigenvalue weighted by Crippen LogP contribution is -2.12. The van der Waals surface area contributed by atoms with Crippen molar-refractivity contribution in [2.45, 2.75) is 25.8 Å². The molecule has 0 aliphatic rings. The van der Waals surface area contributed by atoms with Crippen molar-refractivity contribution >= 4 is 12.4 Å². The first kappa shape index (κ1) is 15.2. The molecule has 92 valence electrons. The largest absolute Gasteiger partial charge is 0.497 e. The summed E-state index contributed by atoms with van der Waals surface area (Å²) >= 11 is 0. The van der Waals surface area contributed by atoms with Crippen LogP contribution in [-0.4, -0.2) is 18.8 Å². The van der Waals surface area contributed by atoms with Gasteiger partial charge in [0.2, 0.25) is 0 Å². The molecule has 0 bridgehead atoms. The molecule has 0 unspecified atom stereocenters. The van der Waals surface area contributed by atoms with Crippen LogP contribution in [0.3, 0.4) is 0 Å². The second-order valence-electron chi connectivity index (χ2n) is 3.69. The molecule has 0 saturated carbocycles. The van der Waals surface area contributed by atoms with E-state index in [0.717, 1.165) is 29.7 Å². The SMILES string of the molecule is COc1ccc([C@@H](N)CCCO)c(C)c1.Cl. The van der Waals surface area contributed by atoms with E-state index in [9.17, 15) is 0 Å². The van der Waals surface area contributed by atoms with E-state index >= 15 is 0 Å². The van der Waals surface area contributed by atoms with E-state index in [-0.39, 0.29) is 25.1 Å². The Morgan fingerprint density at radius 1 is 1.44 bits per heavy atom. The number of methoxy groups -OCH3 is 1. The van der Waals surface area contributed by atoms with Crippen LogP contribution in [0.15, 0.2) is 18.2 Å². The first-order chi connectivity index (χ1) is 7.19. The van der Waals surface area contributed by atoms with Crippen molar-refractivity contribution in [3.05, 3.63) is 29.3 Å². The van der Waals surface area contributed by atoms with Gasteiger partial charge in [0, 0.05) is 12.6 Å². The highest BCUT2D eigenvalue weighted by Gasteiger charge is 2.08. The van der Waals surface area contributed by atoms with Gasteiger partial charge in [-0.3, -0.25) is 0 Å². The zero-order valence-electron chi connectivity index (χ0n) is 9.77. The summed E-state index contributed by atoms with van der Waals surface area (Å²) in [7, 11) is 1.65. The van der Waals surface area contributed by atoms with Crippen LogP contribution in [0.5, 0.6) is 5.75 Å². The highest BCUT2D eigenvalue weighted by atomic mass is 35.5. The number of aryl methyl sites for hydroxylation is 1. The zero-order valence-corrected chi connectivity index (χ0v) is 10.6. The molecule has 0 heterocycles. The molecular weight excluding hydrogens is 226 g/mol. The molecule has 0 aromatic heterocycles. The molecule has 3 N–H and O–H groups in total. The van der Waals surface area contributed by atoms with Crippen molar-refractivity contribution < 1.29 is 9.84 Å². The van der Waals surface area contributed by atoms with Crippen LogP contribution in [0.1, 0.15) is 30.0 Å². The highest BCUT2D eigenvalue weighted by molar-refractivity contribution is 5.85. The fraction of sp³-hybridized carbons (Fsp3) is 0.500. The summed E-state index contributed by atoms with van der Waals surface area (Å²) < 4.78 is 5.13. The third-order valence-electron chi connectivity index (χ3n) is 2.55. The summed E-state index contributed by atoms with van der Waals surface area (Å²) in [5, 5.41) is 8.74. The molecule has 1 aromatic carbocycles. The Bertz CT molecular complexity index is 318. The summed E-state index contributed by atoms with van der Waals surface area (Å²) in [6, 6.07) is 5.90. The minimum Gasteiger partial charge on any atom is -0.497 e. The van der Waals surface area contributed by atoms with Gasteiger partial charge in [0.15, 0.2) is 0 Å². The molecule has 1 atom stereocenters. The normalized spacial score (nSPS) is 11.8. The van der Waals surface area contributed by atoms with Crippen LogP contribution >= 0.6 is 12.4 Å². The van der Waals surface area contributed by atoms with Crippen molar-refractivity contribution in [1.82, 2.24) is 0 Å². The van der Waals surface area contributed by atoms with Gasteiger partial charge in [-0.2, -0.15) is 0 Å². The molecule has 0 radical (unpaired) electrons. The molecule has 3 nitrogen and oxygen atoms in total. The maximum absolute atomic E-state index is 8.74. The minimum atomic E-state index is 0. The molecule has 0 spiro atoms. The van der Waals surface area contributed by atoms with Crippen molar-refractivity contribution in [1.29, 1.82) is 0 Å². The fourth-order valence-corrected chi connectivity index (χ4v) is 1.66. The Hall–Kier alpha value is -0.770. The predicted octanol–water partition coefficient (Wildman–Crippen LogP) is 2.20. The highest BCUT2D eigenvalue weighted by Crippen LogP contribution is 2.23. The molecule has 4 heteroatoms. The van der Waals surface area contributed by atoms with E-state index in [1.54, 1.807) is 7.11 Å². The summed E-state index contributed by atoms with van der Waals surface area (Å²) in [5.41, 5.74) is 8.29. The molecule has 0 saturated heterocycles. The maximum Gasteiger partial charge on any atom is 0.119 e. The van der Waals surface area contributed by atoms with Gasteiger partial charge in [-0.1, -0.05) is 6.07 Å². The van der Waals surface area contributed by atoms with Crippen LogP contribution in [0.2, 0.25) is 0 Å². The number of hydrogen-bond donors (Lipinski definition) is 2. The smallest absolute Gasteiger partial charge is 0.119 e. The number of nitrogens with two attached hydrogens (primary N) is 1. The molecule has 1 rings (SSSR count). The molecule has 16 heavy (non-hydrogen) atoms. The standard InChI is InChI=1S/C12H19NO2.ClH/c1-9-8-10(15-2)5-6-11(9)12(13)4-3-7-14;/h5-6,8,12,14H,3-4,7,13H2,1-2H3;1H/t12-;/m0./s1. The summed E-state index contributed by atoms with van der Waals surface area (Å²) in [4.78, 5) is 0. The number of hydrogen-bond acceptors (Lipinski definition) is 3. The van der Waals surface area contributed by atoms with Crippen LogP contribution in [-0.2, 0) is 0 Å². The van der Waals surface area contributed by atoms with Crippen LogP contribution in [0, 0.1) is 6.92 Å². The van der Waals surface area contributed by atoms with Crippen molar-refractivity contribution in [2.24, 2.45) is 5.73 Å². The number of benzene rings is 1. The van der Waals surface area contributed by atoms with Crippen LogP contribution in [0.4, 0.5) is 0 Å². The summed E-state index contributed by atoms with van der Waals surface area (Å²) in [5.74, 6) is 0.852. The number of aliphatic hydroxyl groups excluding tert-OH is 1. The van der Waals surface area contributed by atoms with Gasteiger partial charge in [-0.05, 0) is 43.0 Å². The Kier molecular flexibility index (Phi) is 7.13. The van der Waals surface area contributed by atoms with Crippen molar-refractivity contribution in [3.8, 4) is 5.75 Å². The maximum atomic E-state index is 8.74. The van der Waals surface area contributed by atoms with Crippen LogP contribution < -0.4 is 10.5 Å². The van der Waals surface area contributed by atoms with E-state index < -0.39 is 0 Å². The molecule has 0 fully saturated rings. The lowest BCUT2D eigenvalue weighted by atomic mass is 9.98. The number of aliphatic hydroxyl groups is 1. The number of ether oxygens (including phenoxy) is 1. The van der Waals surface area contributed by atoms with Gasteiger partial charge in [0.1, 0.15) is 5.75 Å². The molecule has 0 aliphatic carbocycles. The molecule has 0 aliphatic heterocycles. The van der Waals surface area contributed by atoms with Gasteiger partial charge >= 0.3 is 0 Å². The van der Waals surface area contributed by atoms with Gasteiger partial charge in [0.25, 0.3) is 0 Å². The number of rotatable bonds is 5. The van der Waals surface area contributed by atoms with E-state index in [1.807, 2.05) is 25.1 Å².